The molecule has 5 nitrogen and oxygen atoms in total. The zero-order valence-electron chi connectivity index (χ0n) is 14.2. The van der Waals surface area contributed by atoms with Crippen LogP contribution in [0.2, 0.25) is 0 Å². The highest BCUT2D eigenvalue weighted by atomic mass is 32.1. The molecule has 0 saturated carbocycles. The molecule has 3 aromatic heterocycles. The molecule has 4 rings (SSSR count). The van der Waals surface area contributed by atoms with Crippen LogP contribution < -0.4 is 10.1 Å². The second kappa shape index (κ2) is 7.01. The van der Waals surface area contributed by atoms with E-state index in [-0.39, 0.29) is 12.3 Å². The third-order valence-electron chi connectivity index (χ3n) is 4.17. The van der Waals surface area contributed by atoms with Crippen molar-refractivity contribution in [2.45, 2.75) is 6.42 Å². The van der Waals surface area contributed by atoms with Crippen LogP contribution in [0, 0.1) is 0 Å². The number of hydrogen-bond donors (Lipinski definition) is 2. The fourth-order valence-electron chi connectivity index (χ4n) is 2.94. The Morgan fingerprint density at radius 1 is 1.27 bits per heavy atom. The lowest BCUT2D eigenvalue weighted by Crippen LogP contribution is -2.14. The molecule has 1 amide bonds. The number of carbonyl (C=O) groups excluding carboxylic acids is 1. The Hall–Kier alpha value is -3.12. The monoisotopic (exact) mass is 363 g/mol. The number of aromatic amines is 1. The summed E-state index contributed by atoms with van der Waals surface area (Å²) in [5.74, 6) is 0.657. The van der Waals surface area contributed by atoms with Gasteiger partial charge in [-0.2, -0.15) is 0 Å². The third-order valence-corrected chi connectivity index (χ3v) is 5.01. The lowest BCUT2D eigenvalue weighted by molar-refractivity contribution is -0.115. The van der Waals surface area contributed by atoms with E-state index in [1.807, 2.05) is 54.0 Å². The molecule has 4 aromatic rings. The molecule has 130 valence electrons. The highest BCUT2D eigenvalue weighted by Gasteiger charge is 2.12. The molecule has 0 aliphatic heterocycles. The van der Waals surface area contributed by atoms with Crippen LogP contribution in [0.1, 0.15) is 5.56 Å². The summed E-state index contributed by atoms with van der Waals surface area (Å²) in [5.41, 5.74) is 3.86. The molecular weight excluding hydrogens is 346 g/mol. The lowest BCUT2D eigenvalue weighted by Gasteiger charge is -2.07. The summed E-state index contributed by atoms with van der Waals surface area (Å²) in [6.45, 7) is 0. The Kier molecular flexibility index (Phi) is 4.41. The molecule has 0 aliphatic carbocycles. The Morgan fingerprint density at radius 3 is 3.04 bits per heavy atom. The number of nitrogens with zero attached hydrogens (tertiary/aromatic N) is 1. The van der Waals surface area contributed by atoms with E-state index in [9.17, 15) is 4.79 Å². The van der Waals surface area contributed by atoms with Gasteiger partial charge in [-0.3, -0.25) is 4.79 Å². The minimum atomic E-state index is -0.0662. The van der Waals surface area contributed by atoms with Gasteiger partial charge in [0.25, 0.3) is 0 Å². The van der Waals surface area contributed by atoms with Crippen LogP contribution in [0.3, 0.4) is 0 Å². The number of pyridine rings is 1. The van der Waals surface area contributed by atoms with Crippen LogP contribution in [0.15, 0.2) is 60.2 Å². The largest absolute Gasteiger partial charge is 0.496 e. The third kappa shape index (κ3) is 3.19. The summed E-state index contributed by atoms with van der Waals surface area (Å²) < 4.78 is 5.30. The normalized spacial score (nSPS) is 10.8. The molecule has 0 saturated heterocycles. The first-order chi connectivity index (χ1) is 12.7. The molecule has 6 heteroatoms. The molecule has 0 unspecified atom stereocenters. The highest BCUT2D eigenvalue weighted by Crippen LogP contribution is 2.33. The van der Waals surface area contributed by atoms with Gasteiger partial charge in [-0.1, -0.05) is 18.2 Å². The van der Waals surface area contributed by atoms with Crippen molar-refractivity contribution in [3.05, 3.63) is 65.8 Å². The first kappa shape index (κ1) is 16.4. The fourth-order valence-corrected chi connectivity index (χ4v) is 3.76. The van der Waals surface area contributed by atoms with Gasteiger partial charge in [-0.15, -0.1) is 11.3 Å². The number of rotatable bonds is 5. The van der Waals surface area contributed by atoms with Crippen molar-refractivity contribution < 1.29 is 9.53 Å². The van der Waals surface area contributed by atoms with Crippen molar-refractivity contribution in [2.75, 3.05) is 12.4 Å². The standard InChI is InChI=1S/C20H17N3O2S/c1-25-17-7-3-2-5-13(17)9-18(24)23-19-10-14(12-26-19)16-11-22-20-15(16)6-4-8-21-20/h2-8,10-12H,9H2,1H3,(H,21,22)(H,23,24). The van der Waals surface area contributed by atoms with E-state index in [2.05, 4.69) is 15.3 Å². The van der Waals surface area contributed by atoms with Crippen molar-refractivity contribution in [1.82, 2.24) is 9.97 Å². The van der Waals surface area contributed by atoms with E-state index >= 15 is 0 Å². The number of carbonyl (C=O) groups is 1. The number of aromatic nitrogens is 2. The van der Waals surface area contributed by atoms with Gasteiger partial charge < -0.3 is 15.0 Å². The van der Waals surface area contributed by atoms with E-state index < -0.39 is 0 Å². The second-order valence-corrected chi connectivity index (χ2v) is 6.75. The number of amides is 1. The van der Waals surface area contributed by atoms with Gasteiger partial charge in [0.2, 0.25) is 5.91 Å². The summed E-state index contributed by atoms with van der Waals surface area (Å²) in [4.78, 5) is 19.9. The molecule has 0 fully saturated rings. The van der Waals surface area contributed by atoms with Crippen molar-refractivity contribution in [2.24, 2.45) is 0 Å². The lowest BCUT2D eigenvalue weighted by atomic mass is 10.1. The number of ether oxygens (including phenoxy) is 1. The molecule has 1 aromatic carbocycles. The van der Waals surface area contributed by atoms with Crippen molar-refractivity contribution in [3.63, 3.8) is 0 Å². The number of benzene rings is 1. The number of fused-ring (bicyclic) bond motifs is 1. The quantitative estimate of drug-likeness (QED) is 0.549. The Bertz CT molecular complexity index is 1070. The fraction of sp³-hybridized carbons (Fsp3) is 0.100. The second-order valence-electron chi connectivity index (χ2n) is 5.84. The Labute approximate surface area is 154 Å². The zero-order valence-corrected chi connectivity index (χ0v) is 15.0. The summed E-state index contributed by atoms with van der Waals surface area (Å²) in [6, 6.07) is 13.5. The van der Waals surface area contributed by atoms with Crippen LogP contribution in [0.4, 0.5) is 5.00 Å². The van der Waals surface area contributed by atoms with Crippen LogP contribution >= 0.6 is 11.3 Å². The molecule has 0 atom stereocenters. The number of hydrogen-bond acceptors (Lipinski definition) is 4. The highest BCUT2D eigenvalue weighted by molar-refractivity contribution is 7.14. The number of para-hydroxylation sites is 1. The van der Waals surface area contributed by atoms with Gasteiger partial charge in [-0.25, -0.2) is 4.98 Å². The van der Waals surface area contributed by atoms with Crippen LogP contribution in [-0.2, 0) is 11.2 Å². The molecular formula is C20H17N3O2S. The van der Waals surface area contributed by atoms with Crippen LogP contribution in [-0.4, -0.2) is 23.0 Å². The van der Waals surface area contributed by atoms with Crippen molar-refractivity contribution >= 4 is 33.3 Å². The van der Waals surface area contributed by atoms with E-state index in [1.54, 1.807) is 13.3 Å². The van der Waals surface area contributed by atoms with Gasteiger partial charge >= 0.3 is 0 Å². The average molecular weight is 363 g/mol. The molecule has 26 heavy (non-hydrogen) atoms. The average Bonchev–Trinajstić information content (AvgIpc) is 3.28. The summed E-state index contributed by atoms with van der Waals surface area (Å²) in [6.07, 6.45) is 3.98. The minimum Gasteiger partial charge on any atom is -0.496 e. The molecule has 0 spiro atoms. The molecule has 0 aliphatic rings. The number of methoxy groups -OCH3 is 1. The first-order valence-corrected chi connectivity index (χ1v) is 9.05. The number of nitrogens with one attached hydrogen (secondary N) is 2. The summed E-state index contributed by atoms with van der Waals surface area (Å²) in [7, 11) is 1.61. The molecule has 0 bridgehead atoms. The van der Waals surface area contributed by atoms with E-state index in [0.29, 0.717) is 0 Å². The molecule has 3 heterocycles. The number of H-pyrrole nitrogens is 1. The van der Waals surface area contributed by atoms with Gasteiger partial charge in [0.1, 0.15) is 11.4 Å². The topological polar surface area (TPSA) is 67.0 Å². The molecule has 2 N–H and O–H groups in total. The van der Waals surface area contributed by atoms with Gasteiger partial charge in [0, 0.05) is 34.3 Å². The SMILES string of the molecule is COc1ccccc1CC(=O)Nc1cc(-c2c[nH]c3ncccc23)cs1. The number of anilines is 1. The van der Waals surface area contributed by atoms with Crippen molar-refractivity contribution in [1.29, 1.82) is 0 Å². The molecule has 0 radical (unpaired) electrons. The van der Waals surface area contributed by atoms with E-state index in [1.165, 1.54) is 11.3 Å². The zero-order chi connectivity index (χ0) is 17.9. The predicted molar refractivity (Wildman–Crippen MR) is 105 cm³/mol. The van der Waals surface area contributed by atoms with Gasteiger partial charge in [0.05, 0.1) is 18.5 Å². The maximum atomic E-state index is 12.4. The van der Waals surface area contributed by atoms with Crippen molar-refractivity contribution in [3.8, 4) is 16.9 Å². The van der Waals surface area contributed by atoms with Gasteiger partial charge in [0.15, 0.2) is 0 Å². The summed E-state index contributed by atoms with van der Waals surface area (Å²) >= 11 is 1.51. The van der Waals surface area contributed by atoms with E-state index in [4.69, 9.17) is 4.74 Å². The van der Waals surface area contributed by atoms with Crippen LogP contribution in [0.25, 0.3) is 22.2 Å². The minimum absolute atomic E-state index is 0.0662. The van der Waals surface area contributed by atoms with Gasteiger partial charge in [-0.05, 0) is 29.8 Å². The maximum absolute atomic E-state index is 12.4. The smallest absolute Gasteiger partial charge is 0.229 e. The first-order valence-electron chi connectivity index (χ1n) is 8.17. The number of thiophene rings is 1. The Balaban J connectivity index is 1.51. The van der Waals surface area contributed by atoms with Crippen LogP contribution in [0.5, 0.6) is 5.75 Å². The Morgan fingerprint density at radius 2 is 2.15 bits per heavy atom. The van der Waals surface area contributed by atoms with E-state index in [0.717, 1.165) is 38.5 Å². The maximum Gasteiger partial charge on any atom is 0.229 e. The predicted octanol–water partition coefficient (Wildman–Crippen LogP) is 4.48. The summed E-state index contributed by atoms with van der Waals surface area (Å²) in [5, 5.41) is 6.89.